The second-order valence-corrected chi connectivity index (χ2v) is 6.76. The number of hydrogen-bond donors (Lipinski definition) is 1. The zero-order chi connectivity index (χ0) is 18.6. The van der Waals surface area contributed by atoms with Crippen LogP contribution < -0.4 is 0 Å². The molecule has 0 fully saturated rings. The van der Waals surface area contributed by atoms with Crippen LogP contribution in [0.5, 0.6) is 0 Å². The lowest BCUT2D eigenvalue weighted by molar-refractivity contribution is 0.200. The van der Waals surface area contributed by atoms with Gasteiger partial charge in [-0.25, -0.2) is 0 Å². The van der Waals surface area contributed by atoms with Crippen LogP contribution in [0.25, 0.3) is 33.4 Å². The van der Waals surface area contributed by atoms with Gasteiger partial charge in [-0.2, -0.15) is 0 Å². The molecule has 0 unspecified atom stereocenters. The zero-order valence-corrected chi connectivity index (χ0v) is 15.3. The third kappa shape index (κ3) is 3.55. The van der Waals surface area contributed by atoms with Crippen molar-refractivity contribution in [2.24, 2.45) is 0 Å². The van der Waals surface area contributed by atoms with Gasteiger partial charge in [0, 0.05) is 0 Å². The minimum atomic E-state index is -0.569. The number of aliphatic hydroxyl groups excluding tert-OH is 1. The molecular formula is C26H22O. The largest absolute Gasteiger partial charge is 0.389 e. The predicted octanol–water partition coefficient (Wildman–Crippen LogP) is 6.74. The van der Waals surface area contributed by atoms with E-state index in [0.29, 0.717) is 0 Å². The van der Waals surface area contributed by atoms with Gasteiger partial charge in [0.05, 0.1) is 6.10 Å². The molecule has 4 aromatic rings. The molecule has 0 aromatic heterocycles. The molecule has 0 heterocycles. The van der Waals surface area contributed by atoms with Crippen molar-refractivity contribution in [3.8, 4) is 33.4 Å². The minimum absolute atomic E-state index is 0.569. The first kappa shape index (κ1) is 17.3. The van der Waals surface area contributed by atoms with Crippen LogP contribution in [0.1, 0.15) is 18.6 Å². The van der Waals surface area contributed by atoms with Crippen LogP contribution in [0.2, 0.25) is 0 Å². The quantitative estimate of drug-likeness (QED) is 0.432. The fraction of sp³-hybridized carbons (Fsp3) is 0.0769. The molecule has 0 aliphatic carbocycles. The highest BCUT2D eigenvalue weighted by Crippen LogP contribution is 2.40. The van der Waals surface area contributed by atoms with Gasteiger partial charge in [0.1, 0.15) is 0 Å². The average molecular weight is 350 g/mol. The summed E-state index contributed by atoms with van der Waals surface area (Å²) in [6.07, 6.45) is -0.569. The smallest absolute Gasteiger partial charge is 0.0773 e. The van der Waals surface area contributed by atoms with Crippen molar-refractivity contribution in [3.05, 3.63) is 109 Å². The van der Waals surface area contributed by atoms with Crippen LogP contribution in [0, 0.1) is 0 Å². The fourth-order valence-corrected chi connectivity index (χ4v) is 3.61. The first-order valence-corrected chi connectivity index (χ1v) is 9.26. The van der Waals surface area contributed by atoms with Gasteiger partial charge in [-0.05, 0) is 58.0 Å². The highest BCUT2D eigenvalue weighted by Gasteiger charge is 2.18. The van der Waals surface area contributed by atoms with Crippen LogP contribution in [0.15, 0.2) is 103 Å². The molecule has 0 spiro atoms. The van der Waals surface area contributed by atoms with Crippen LogP contribution in [-0.2, 0) is 0 Å². The minimum Gasteiger partial charge on any atom is -0.389 e. The van der Waals surface area contributed by atoms with Gasteiger partial charge in [-0.1, -0.05) is 91.0 Å². The van der Waals surface area contributed by atoms with Crippen LogP contribution in [0.4, 0.5) is 0 Å². The number of benzene rings is 4. The van der Waals surface area contributed by atoms with Crippen molar-refractivity contribution in [2.75, 3.05) is 0 Å². The van der Waals surface area contributed by atoms with Gasteiger partial charge in [0.15, 0.2) is 0 Å². The lowest BCUT2D eigenvalue weighted by atomic mass is 9.86. The Bertz CT molecular complexity index is 959. The van der Waals surface area contributed by atoms with E-state index in [1.807, 2.05) is 49.4 Å². The highest BCUT2D eigenvalue weighted by atomic mass is 16.3. The van der Waals surface area contributed by atoms with E-state index < -0.39 is 6.10 Å². The Morgan fingerprint density at radius 3 is 1.26 bits per heavy atom. The molecule has 1 atom stereocenters. The van der Waals surface area contributed by atoms with Crippen molar-refractivity contribution >= 4 is 0 Å². The summed E-state index contributed by atoms with van der Waals surface area (Å²) in [6.45, 7) is 1.84. The molecule has 0 amide bonds. The molecule has 4 rings (SSSR count). The topological polar surface area (TPSA) is 20.2 Å². The van der Waals surface area contributed by atoms with Gasteiger partial charge < -0.3 is 5.11 Å². The molecule has 0 saturated heterocycles. The summed E-state index contributed by atoms with van der Waals surface area (Å²) >= 11 is 0. The predicted molar refractivity (Wildman–Crippen MR) is 113 cm³/mol. The summed E-state index contributed by atoms with van der Waals surface area (Å²) in [6, 6.07) is 35.4. The van der Waals surface area contributed by atoms with E-state index in [9.17, 15) is 5.11 Å². The summed E-state index contributed by atoms with van der Waals surface area (Å²) in [5.74, 6) is 0. The lowest BCUT2D eigenvalue weighted by Gasteiger charge is -2.20. The molecule has 0 radical (unpaired) electrons. The molecule has 1 heteroatoms. The van der Waals surface area contributed by atoms with E-state index in [1.54, 1.807) is 0 Å². The average Bonchev–Trinajstić information content (AvgIpc) is 2.74. The van der Waals surface area contributed by atoms with Crippen LogP contribution in [0.3, 0.4) is 0 Å². The van der Waals surface area contributed by atoms with Crippen molar-refractivity contribution in [3.63, 3.8) is 0 Å². The Balaban J connectivity index is 2.05. The first-order chi connectivity index (χ1) is 13.2. The summed E-state index contributed by atoms with van der Waals surface area (Å²) in [7, 11) is 0. The van der Waals surface area contributed by atoms with Crippen molar-refractivity contribution in [1.29, 1.82) is 0 Å². The molecule has 0 aliphatic rings. The summed E-state index contributed by atoms with van der Waals surface area (Å²) in [5.41, 5.74) is 7.66. The van der Waals surface area contributed by atoms with E-state index in [4.69, 9.17) is 0 Å². The van der Waals surface area contributed by atoms with Gasteiger partial charge in [-0.3, -0.25) is 0 Å². The van der Waals surface area contributed by atoms with E-state index in [-0.39, 0.29) is 0 Å². The first-order valence-electron chi connectivity index (χ1n) is 9.26. The Hall–Kier alpha value is -3.16. The third-order valence-electron chi connectivity index (χ3n) is 4.87. The number of rotatable bonds is 4. The molecule has 27 heavy (non-hydrogen) atoms. The molecule has 132 valence electrons. The van der Waals surface area contributed by atoms with Crippen molar-refractivity contribution < 1.29 is 5.11 Å². The Morgan fingerprint density at radius 2 is 0.889 bits per heavy atom. The molecule has 0 aliphatic heterocycles. The van der Waals surface area contributed by atoms with Gasteiger partial charge >= 0.3 is 0 Å². The molecule has 0 saturated carbocycles. The van der Waals surface area contributed by atoms with E-state index in [2.05, 4.69) is 60.7 Å². The maximum Gasteiger partial charge on any atom is 0.0773 e. The second-order valence-electron chi connectivity index (χ2n) is 6.76. The van der Waals surface area contributed by atoms with Gasteiger partial charge in [0.2, 0.25) is 0 Å². The fourth-order valence-electron chi connectivity index (χ4n) is 3.61. The summed E-state index contributed by atoms with van der Waals surface area (Å²) in [5, 5.41) is 10.7. The lowest BCUT2D eigenvalue weighted by Crippen LogP contribution is -2.00. The SMILES string of the molecule is C[C@H](O)c1c(-c2ccccc2)cc(-c2ccccc2)cc1-c1ccccc1. The standard InChI is InChI=1S/C26H22O/c1-19(27)26-24(21-13-7-3-8-14-21)17-23(20-11-5-2-6-12-20)18-25(26)22-15-9-4-10-16-22/h2-19,27H,1H3/t19-/m0/s1. The summed E-state index contributed by atoms with van der Waals surface area (Å²) < 4.78 is 0. The van der Waals surface area contributed by atoms with E-state index >= 15 is 0 Å². The Kier molecular flexibility index (Phi) is 4.86. The van der Waals surface area contributed by atoms with Gasteiger partial charge in [0.25, 0.3) is 0 Å². The summed E-state index contributed by atoms with van der Waals surface area (Å²) in [4.78, 5) is 0. The maximum atomic E-state index is 10.7. The monoisotopic (exact) mass is 350 g/mol. The van der Waals surface area contributed by atoms with Gasteiger partial charge in [-0.15, -0.1) is 0 Å². The van der Waals surface area contributed by atoms with Crippen molar-refractivity contribution in [2.45, 2.75) is 13.0 Å². The molecule has 1 N–H and O–H groups in total. The Labute approximate surface area is 160 Å². The molecule has 1 nitrogen and oxygen atoms in total. The Morgan fingerprint density at radius 1 is 0.519 bits per heavy atom. The zero-order valence-electron chi connectivity index (χ0n) is 15.3. The van der Waals surface area contributed by atoms with Crippen LogP contribution >= 0.6 is 0 Å². The molecule has 4 aromatic carbocycles. The third-order valence-corrected chi connectivity index (χ3v) is 4.87. The second kappa shape index (κ2) is 7.61. The normalized spacial score (nSPS) is 11.9. The number of hydrogen-bond acceptors (Lipinski definition) is 1. The van der Waals surface area contributed by atoms with Crippen LogP contribution in [-0.4, -0.2) is 5.11 Å². The molecule has 0 bridgehead atoms. The maximum absolute atomic E-state index is 10.7. The molecular weight excluding hydrogens is 328 g/mol. The number of aliphatic hydroxyl groups is 1. The van der Waals surface area contributed by atoms with Crippen molar-refractivity contribution in [1.82, 2.24) is 0 Å². The highest BCUT2D eigenvalue weighted by molar-refractivity contribution is 5.85. The van der Waals surface area contributed by atoms with E-state index in [0.717, 1.165) is 33.4 Å². The van der Waals surface area contributed by atoms with E-state index in [1.165, 1.54) is 5.56 Å².